The number of nitrogens with one attached hydrogen (secondary N) is 1. The van der Waals surface area contributed by atoms with Crippen LogP contribution in [0.4, 0.5) is 0 Å². The molecule has 0 spiro atoms. The second-order valence-corrected chi connectivity index (χ2v) is 3.81. The van der Waals surface area contributed by atoms with Gasteiger partial charge in [-0.1, -0.05) is 0 Å². The van der Waals surface area contributed by atoms with Gasteiger partial charge in [0.05, 0.1) is 0 Å². The summed E-state index contributed by atoms with van der Waals surface area (Å²) in [6.07, 6.45) is 3.13. The Balaban J connectivity index is 2.83. The van der Waals surface area contributed by atoms with Crippen molar-refractivity contribution in [3.05, 3.63) is 30.1 Å². The van der Waals surface area contributed by atoms with Crippen LogP contribution in [0.1, 0.15) is 18.9 Å². The van der Waals surface area contributed by atoms with Crippen molar-refractivity contribution < 1.29 is 14.7 Å². The Morgan fingerprint density at radius 1 is 1.47 bits per heavy atom. The number of aliphatic carboxylic acids is 1. The zero-order chi connectivity index (χ0) is 12.9. The number of carbonyl (C=O) groups is 2. The second-order valence-electron chi connectivity index (χ2n) is 3.81. The molecule has 1 aromatic rings. The zero-order valence-corrected chi connectivity index (χ0v) is 9.51. The topological polar surface area (TPSA) is 105 Å². The molecule has 6 heteroatoms. The van der Waals surface area contributed by atoms with E-state index >= 15 is 0 Å². The first-order valence-electron chi connectivity index (χ1n) is 5.14. The zero-order valence-electron chi connectivity index (χ0n) is 9.51. The van der Waals surface area contributed by atoms with Gasteiger partial charge in [-0.05, 0) is 24.6 Å². The lowest BCUT2D eigenvalue weighted by molar-refractivity contribution is -0.144. The molecule has 92 valence electrons. The van der Waals surface area contributed by atoms with Crippen LogP contribution in [0, 0.1) is 0 Å². The fraction of sp³-hybridized carbons (Fsp3) is 0.364. The molecule has 0 fully saturated rings. The number of rotatable bonds is 6. The van der Waals surface area contributed by atoms with Crippen molar-refractivity contribution in [2.45, 2.75) is 18.9 Å². The smallest absolute Gasteiger partial charge is 0.328 e. The summed E-state index contributed by atoms with van der Waals surface area (Å²) in [4.78, 5) is 25.7. The van der Waals surface area contributed by atoms with E-state index in [1.165, 1.54) is 19.3 Å². The Morgan fingerprint density at radius 3 is 2.53 bits per heavy atom. The van der Waals surface area contributed by atoms with E-state index in [-0.39, 0.29) is 13.0 Å². The number of nitrogens with two attached hydrogens (primary N) is 1. The summed E-state index contributed by atoms with van der Waals surface area (Å²) in [6.45, 7) is 1.74. The number of hydrogen-bond acceptors (Lipinski definition) is 4. The molecule has 0 saturated carbocycles. The fourth-order valence-corrected chi connectivity index (χ4v) is 1.42. The molecule has 0 aliphatic rings. The molecule has 0 aliphatic heterocycles. The van der Waals surface area contributed by atoms with Gasteiger partial charge in [-0.3, -0.25) is 15.1 Å². The molecule has 0 bridgehead atoms. The normalized spacial score (nSPS) is 13.9. The van der Waals surface area contributed by atoms with E-state index in [4.69, 9.17) is 5.73 Å². The summed E-state index contributed by atoms with van der Waals surface area (Å²) >= 11 is 0. The number of aromatic nitrogens is 1. The van der Waals surface area contributed by atoms with Crippen LogP contribution in [-0.2, 0) is 15.1 Å². The highest BCUT2D eigenvalue weighted by Gasteiger charge is 2.34. The Kier molecular flexibility index (Phi) is 4.17. The monoisotopic (exact) mass is 237 g/mol. The highest BCUT2D eigenvalue weighted by Crippen LogP contribution is 2.20. The van der Waals surface area contributed by atoms with Crippen molar-refractivity contribution in [2.75, 3.05) is 6.54 Å². The standard InChI is InChI=1S/C11H15N3O3/c1-11(10(16)17,14-7-4-9(12)15)8-2-5-13-6-3-8/h2-3,5-6,14H,4,7H2,1H3,(H2,12,15)(H,16,17). The third-order valence-corrected chi connectivity index (χ3v) is 2.54. The van der Waals surface area contributed by atoms with Gasteiger partial charge in [-0.15, -0.1) is 0 Å². The first kappa shape index (κ1) is 13.1. The molecule has 17 heavy (non-hydrogen) atoms. The lowest BCUT2D eigenvalue weighted by Crippen LogP contribution is -2.47. The summed E-state index contributed by atoms with van der Waals surface area (Å²) < 4.78 is 0. The van der Waals surface area contributed by atoms with Gasteiger partial charge in [0.1, 0.15) is 5.54 Å². The van der Waals surface area contributed by atoms with Crippen LogP contribution < -0.4 is 11.1 Å². The van der Waals surface area contributed by atoms with E-state index in [1.807, 2.05) is 0 Å². The average Bonchev–Trinajstić information content (AvgIpc) is 2.29. The van der Waals surface area contributed by atoms with E-state index in [2.05, 4.69) is 10.3 Å². The molecule has 0 radical (unpaired) electrons. The number of pyridine rings is 1. The predicted molar refractivity (Wildman–Crippen MR) is 61.0 cm³/mol. The third-order valence-electron chi connectivity index (χ3n) is 2.54. The second kappa shape index (κ2) is 5.40. The van der Waals surface area contributed by atoms with Crippen molar-refractivity contribution >= 4 is 11.9 Å². The van der Waals surface area contributed by atoms with E-state index in [0.717, 1.165) is 0 Å². The number of carboxylic acids is 1. The summed E-state index contributed by atoms with van der Waals surface area (Å²) in [6, 6.07) is 3.23. The lowest BCUT2D eigenvalue weighted by Gasteiger charge is -2.26. The van der Waals surface area contributed by atoms with Crippen LogP contribution in [0.2, 0.25) is 0 Å². The third kappa shape index (κ3) is 3.25. The Hall–Kier alpha value is -1.95. The minimum Gasteiger partial charge on any atom is -0.480 e. The number of carbonyl (C=O) groups excluding carboxylic acids is 1. The molecule has 0 saturated heterocycles. The fourth-order valence-electron chi connectivity index (χ4n) is 1.42. The van der Waals surface area contributed by atoms with Crippen molar-refractivity contribution in [1.29, 1.82) is 0 Å². The largest absolute Gasteiger partial charge is 0.480 e. The van der Waals surface area contributed by atoms with E-state index < -0.39 is 17.4 Å². The lowest BCUT2D eigenvalue weighted by atomic mass is 9.93. The SMILES string of the molecule is CC(NCCC(N)=O)(C(=O)O)c1ccncc1. The maximum atomic E-state index is 11.3. The van der Waals surface area contributed by atoms with E-state index in [1.54, 1.807) is 12.1 Å². The molecule has 0 aliphatic carbocycles. The van der Waals surface area contributed by atoms with Crippen molar-refractivity contribution in [3.63, 3.8) is 0 Å². The molecule has 1 unspecified atom stereocenters. The van der Waals surface area contributed by atoms with Crippen LogP contribution in [0.25, 0.3) is 0 Å². The van der Waals surface area contributed by atoms with Crippen molar-refractivity contribution in [3.8, 4) is 0 Å². The van der Waals surface area contributed by atoms with Gasteiger partial charge < -0.3 is 10.8 Å². The summed E-state index contributed by atoms with van der Waals surface area (Å²) in [5, 5.41) is 12.1. The van der Waals surface area contributed by atoms with Gasteiger partial charge in [0, 0.05) is 25.4 Å². The molecule has 6 nitrogen and oxygen atoms in total. The Morgan fingerprint density at radius 2 is 2.06 bits per heavy atom. The van der Waals surface area contributed by atoms with Crippen LogP contribution in [0.5, 0.6) is 0 Å². The number of amides is 1. The summed E-state index contributed by atoms with van der Waals surface area (Å²) in [5.74, 6) is -1.49. The van der Waals surface area contributed by atoms with Crippen LogP contribution >= 0.6 is 0 Å². The minimum absolute atomic E-state index is 0.0912. The van der Waals surface area contributed by atoms with Gasteiger partial charge in [0.15, 0.2) is 0 Å². The van der Waals surface area contributed by atoms with Crippen molar-refractivity contribution in [2.24, 2.45) is 5.73 Å². The Bertz CT molecular complexity index is 408. The van der Waals surface area contributed by atoms with Crippen LogP contribution in [0.3, 0.4) is 0 Å². The van der Waals surface area contributed by atoms with Gasteiger partial charge >= 0.3 is 5.97 Å². The molecule has 1 heterocycles. The quantitative estimate of drug-likeness (QED) is 0.638. The number of primary amides is 1. The number of nitrogens with zero attached hydrogens (tertiary/aromatic N) is 1. The highest BCUT2D eigenvalue weighted by molar-refractivity contribution is 5.80. The van der Waals surface area contributed by atoms with Gasteiger partial charge in [-0.2, -0.15) is 0 Å². The maximum absolute atomic E-state index is 11.3. The number of hydrogen-bond donors (Lipinski definition) is 3. The Labute approximate surface area is 98.8 Å². The van der Waals surface area contributed by atoms with Crippen LogP contribution in [-0.4, -0.2) is 28.5 Å². The molecular formula is C11H15N3O3. The van der Waals surface area contributed by atoms with E-state index in [0.29, 0.717) is 5.56 Å². The molecule has 0 aromatic carbocycles. The van der Waals surface area contributed by atoms with Crippen LogP contribution in [0.15, 0.2) is 24.5 Å². The first-order chi connectivity index (χ1) is 7.97. The van der Waals surface area contributed by atoms with Gasteiger partial charge in [0.2, 0.25) is 5.91 Å². The molecule has 1 rings (SSSR count). The summed E-state index contributed by atoms with van der Waals surface area (Å²) in [7, 11) is 0. The molecule has 4 N–H and O–H groups in total. The summed E-state index contributed by atoms with van der Waals surface area (Å²) in [5.41, 5.74) is 4.32. The average molecular weight is 237 g/mol. The highest BCUT2D eigenvalue weighted by atomic mass is 16.4. The first-order valence-corrected chi connectivity index (χ1v) is 5.14. The van der Waals surface area contributed by atoms with Crippen molar-refractivity contribution in [1.82, 2.24) is 10.3 Å². The molecule has 1 aromatic heterocycles. The molecule has 1 amide bonds. The molecule has 1 atom stereocenters. The maximum Gasteiger partial charge on any atom is 0.328 e. The minimum atomic E-state index is -1.25. The van der Waals surface area contributed by atoms with E-state index in [9.17, 15) is 14.7 Å². The predicted octanol–water partition coefficient (Wildman–Crippen LogP) is -0.154. The van der Waals surface area contributed by atoms with Gasteiger partial charge in [0.25, 0.3) is 0 Å². The van der Waals surface area contributed by atoms with Gasteiger partial charge in [-0.25, -0.2) is 4.79 Å². The molecular weight excluding hydrogens is 222 g/mol. The number of carboxylic acid groups (broad SMARTS) is 1.